The van der Waals surface area contributed by atoms with Crippen molar-refractivity contribution in [1.29, 1.82) is 0 Å². The zero-order chi connectivity index (χ0) is 15.5. The average molecular weight is 432 g/mol. The summed E-state index contributed by atoms with van der Waals surface area (Å²) in [4.78, 5) is 0.192. The Morgan fingerprint density at radius 2 is 2.00 bits per heavy atom. The van der Waals surface area contributed by atoms with E-state index in [9.17, 15) is 8.42 Å². The number of halogens is 3. The summed E-state index contributed by atoms with van der Waals surface area (Å²) in [6.07, 6.45) is 1.78. The van der Waals surface area contributed by atoms with Gasteiger partial charge in [0, 0.05) is 17.6 Å². The summed E-state index contributed by atoms with van der Waals surface area (Å²) in [6, 6.07) is 4.88. The molecule has 1 aliphatic rings. The SMILES string of the molecule is CCNCC1CCN(S(=O)(=O)c2ccc(Br)cc2Cl)CC1.Cl. The van der Waals surface area contributed by atoms with E-state index in [0.717, 1.165) is 30.4 Å². The first-order valence-corrected chi connectivity index (χ1v) is 9.72. The van der Waals surface area contributed by atoms with E-state index in [0.29, 0.717) is 19.0 Å². The zero-order valence-electron chi connectivity index (χ0n) is 12.4. The molecule has 1 aromatic rings. The van der Waals surface area contributed by atoms with Gasteiger partial charge in [0.2, 0.25) is 10.0 Å². The Kier molecular flexibility index (Phi) is 8.12. The van der Waals surface area contributed by atoms with Gasteiger partial charge in [-0.15, -0.1) is 12.4 Å². The number of nitrogens with one attached hydrogen (secondary N) is 1. The van der Waals surface area contributed by atoms with Crippen LogP contribution in [0.3, 0.4) is 0 Å². The van der Waals surface area contributed by atoms with Crippen molar-refractivity contribution < 1.29 is 8.42 Å². The molecule has 0 saturated carbocycles. The van der Waals surface area contributed by atoms with Crippen LogP contribution in [0.5, 0.6) is 0 Å². The van der Waals surface area contributed by atoms with E-state index in [2.05, 4.69) is 28.2 Å². The molecule has 1 heterocycles. The zero-order valence-corrected chi connectivity index (χ0v) is 16.4. The van der Waals surface area contributed by atoms with Gasteiger partial charge >= 0.3 is 0 Å². The number of sulfonamides is 1. The Hall–Kier alpha value is 0.150. The molecule has 0 unspecified atom stereocenters. The fourth-order valence-corrected chi connectivity index (χ4v) is 5.01. The van der Waals surface area contributed by atoms with Gasteiger partial charge in [0.15, 0.2) is 0 Å². The predicted octanol–water partition coefficient (Wildman–Crippen LogP) is 3.53. The van der Waals surface area contributed by atoms with E-state index < -0.39 is 10.0 Å². The van der Waals surface area contributed by atoms with Gasteiger partial charge in [-0.3, -0.25) is 0 Å². The molecule has 4 nitrogen and oxygen atoms in total. The van der Waals surface area contributed by atoms with Crippen LogP contribution in [0, 0.1) is 5.92 Å². The summed E-state index contributed by atoms with van der Waals surface area (Å²) < 4.78 is 27.6. The summed E-state index contributed by atoms with van der Waals surface area (Å²) in [5, 5.41) is 3.59. The summed E-state index contributed by atoms with van der Waals surface area (Å²) in [7, 11) is -3.49. The van der Waals surface area contributed by atoms with Crippen LogP contribution in [0.1, 0.15) is 19.8 Å². The molecule has 0 radical (unpaired) electrons. The molecule has 126 valence electrons. The second-order valence-corrected chi connectivity index (χ2v) is 8.46. The van der Waals surface area contributed by atoms with Crippen LogP contribution in [-0.4, -0.2) is 38.9 Å². The minimum Gasteiger partial charge on any atom is -0.317 e. The van der Waals surface area contributed by atoms with E-state index in [-0.39, 0.29) is 22.3 Å². The molecule has 0 bridgehead atoms. The molecule has 0 spiro atoms. The highest BCUT2D eigenvalue weighted by Gasteiger charge is 2.30. The van der Waals surface area contributed by atoms with Crippen molar-refractivity contribution in [1.82, 2.24) is 9.62 Å². The summed E-state index contributed by atoms with van der Waals surface area (Å²) in [5.41, 5.74) is 0. The fraction of sp³-hybridized carbons (Fsp3) is 0.571. The third-order valence-corrected chi connectivity index (χ3v) is 6.64. The van der Waals surface area contributed by atoms with Gasteiger partial charge in [0.05, 0.1) is 5.02 Å². The van der Waals surface area contributed by atoms with Crippen molar-refractivity contribution in [2.45, 2.75) is 24.7 Å². The molecular formula is C14H21BrCl2N2O2S. The Balaban J connectivity index is 0.00000242. The summed E-state index contributed by atoms with van der Waals surface area (Å²) in [6.45, 7) is 5.11. The van der Waals surface area contributed by atoms with Crippen molar-refractivity contribution in [2.75, 3.05) is 26.2 Å². The van der Waals surface area contributed by atoms with Crippen molar-refractivity contribution in [3.8, 4) is 0 Å². The first kappa shape index (κ1) is 20.2. The molecule has 2 rings (SSSR count). The van der Waals surface area contributed by atoms with Crippen molar-refractivity contribution in [2.24, 2.45) is 5.92 Å². The monoisotopic (exact) mass is 430 g/mol. The van der Waals surface area contributed by atoms with E-state index >= 15 is 0 Å². The van der Waals surface area contributed by atoms with Crippen LogP contribution in [0.2, 0.25) is 5.02 Å². The molecular weight excluding hydrogens is 411 g/mol. The molecule has 0 aromatic heterocycles. The maximum Gasteiger partial charge on any atom is 0.244 e. The van der Waals surface area contributed by atoms with Crippen LogP contribution in [0.25, 0.3) is 0 Å². The highest BCUT2D eigenvalue weighted by atomic mass is 79.9. The third kappa shape index (κ3) is 4.82. The quantitative estimate of drug-likeness (QED) is 0.775. The second kappa shape index (κ2) is 8.85. The molecule has 8 heteroatoms. The highest BCUT2D eigenvalue weighted by Crippen LogP contribution is 2.30. The number of rotatable bonds is 5. The number of nitrogens with zero attached hydrogens (tertiary/aromatic N) is 1. The first-order valence-electron chi connectivity index (χ1n) is 7.11. The van der Waals surface area contributed by atoms with Crippen LogP contribution in [0.15, 0.2) is 27.6 Å². The summed E-state index contributed by atoms with van der Waals surface area (Å²) in [5.74, 6) is 0.553. The molecule has 0 aliphatic carbocycles. The normalized spacial score (nSPS) is 17.2. The van der Waals surface area contributed by atoms with Crippen molar-refractivity contribution in [3.05, 3.63) is 27.7 Å². The Morgan fingerprint density at radius 3 is 2.55 bits per heavy atom. The number of hydrogen-bond donors (Lipinski definition) is 1. The number of hydrogen-bond acceptors (Lipinski definition) is 3. The fourth-order valence-electron chi connectivity index (χ4n) is 2.53. The molecule has 0 atom stereocenters. The second-order valence-electron chi connectivity index (χ2n) is 5.23. The van der Waals surface area contributed by atoms with Crippen molar-refractivity contribution in [3.63, 3.8) is 0 Å². The lowest BCUT2D eigenvalue weighted by molar-refractivity contribution is 0.268. The average Bonchev–Trinajstić information content (AvgIpc) is 2.45. The van der Waals surface area contributed by atoms with E-state index in [1.807, 2.05) is 0 Å². The van der Waals surface area contributed by atoms with E-state index in [1.54, 1.807) is 22.5 Å². The lowest BCUT2D eigenvalue weighted by Crippen LogP contribution is -2.40. The smallest absolute Gasteiger partial charge is 0.244 e. The van der Waals surface area contributed by atoms with Gasteiger partial charge in [-0.05, 0) is 50.0 Å². The maximum atomic E-state index is 12.7. The molecule has 1 aliphatic heterocycles. The van der Waals surface area contributed by atoms with Gasteiger partial charge in [-0.25, -0.2) is 8.42 Å². The lowest BCUT2D eigenvalue weighted by Gasteiger charge is -2.31. The van der Waals surface area contributed by atoms with Crippen LogP contribution in [-0.2, 0) is 10.0 Å². The highest BCUT2D eigenvalue weighted by molar-refractivity contribution is 9.10. The molecule has 1 fully saturated rings. The van der Waals surface area contributed by atoms with Crippen LogP contribution >= 0.6 is 39.9 Å². The third-order valence-electron chi connectivity index (χ3n) is 3.77. The Labute approximate surface area is 152 Å². The van der Waals surface area contributed by atoms with E-state index in [1.165, 1.54) is 0 Å². The minimum atomic E-state index is -3.49. The topological polar surface area (TPSA) is 49.4 Å². The van der Waals surface area contributed by atoms with Gasteiger partial charge in [0.25, 0.3) is 0 Å². The number of benzene rings is 1. The standard InChI is InChI=1S/C14H20BrClN2O2S.ClH/c1-2-17-10-11-5-7-18(8-6-11)21(19,20)14-4-3-12(15)9-13(14)16;/h3-4,9,11,17H,2,5-8,10H2,1H3;1H. The molecule has 1 saturated heterocycles. The largest absolute Gasteiger partial charge is 0.317 e. The van der Waals surface area contributed by atoms with Gasteiger partial charge in [0.1, 0.15) is 4.90 Å². The molecule has 1 aromatic carbocycles. The Morgan fingerprint density at radius 1 is 1.36 bits per heavy atom. The van der Waals surface area contributed by atoms with Crippen molar-refractivity contribution >= 4 is 50.0 Å². The maximum absolute atomic E-state index is 12.7. The van der Waals surface area contributed by atoms with Gasteiger partial charge in [-0.1, -0.05) is 34.5 Å². The minimum absolute atomic E-state index is 0. The molecule has 0 amide bonds. The van der Waals surface area contributed by atoms with E-state index in [4.69, 9.17) is 11.6 Å². The molecule has 22 heavy (non-hydrogen) atoms. The van der Waals surface area contributed by atoms with Gasteiger partial charge in [-0.2, -0.15) is 4.31 Å². The summed E-state index contributed by atoms with van der Waals surface area (Å²) >= 11 is 9.38. The Bertz CT molecular complexity index is 591. The number of piperidine rings is 1. The van der Waals surface area contributed by atoms with Crippen LogP contribution in [0.4, 0.5) is 0 Å². The lowest BCUT2D eigenvalue weighted by atomic mass is 9.98. The first-order chi connectivity index (χ1) is 9.95. The molecule has 1 N–H and O–H groups in total. The van der Waals surface area contributed by atoms with Gasteiger partial charge < -0.3 is 5.32 Å². The van der Waals surface area contributed by atoms with Crippen LogP contribution < -0.4 is 5.32 Å². The predicted molar refractivity (Wildman–Crippen MR) is 96.4 cm³/mol.